The lowest BCUT2D eigenvalue weighted by Gasteiger charge is -2.37. The van der Waals surface area contributed by atoms with E-state index < -0.39 is 25.4 Å². The fraction of sp³-hybridized carbons (Fsp3) is 1.00. The van der Waals surface area contributed by atoms with Gasteiger partial charge in [0.15, 0.2) is 8.32 Å². The fourth-order valence-corrected chi connectivity index (χ4v) is 14.6. The lowest BCUT2D eigenvalue weighted by Crippen LogP contribution is -2.53. The summed E-state index contributed by atoms with van der Waals surface area (Å²) in [7, 11) is -4.06. The highest BCUT2D eigenvalue weighted by Gasteiger charge is 2.41. The van der Waals surface area contributed by atoms with Crippen molar-refractivity contribution in [1.82, 2.24) is 5.32 Å². The average Bonchev–Trinajstić information content (AvgIpc) is 2.24. The molecule has 0 aliphatic rings. The molecule has 0 saturated heterocycles. The average molecular weight is 403 g/mol. The van der Waals surface area contributed by atoms with Crippen molar-refractivity contribution in [1.29, 1.82) is 0 Å². The zero-order chi connectivity index (χ0) is 15.9. The Morgan fingerprint density at radius 3 is 1.71 bits per heavy atom. The molecule has 0 aliphatic carbocycles. The number of hydrogen-bond donors (Lipinski definition) is 2. The molecule has 0 radical (unpaired) electrons. The second-order valence-electron chi connectivity index (χ2n) is 6.70. The smallest absolute Gasteiger partial charge is 0.325 e. The summed E-state index contributed by atoms with van der Waals surface area (Å²) in [5.74, 6) is 0. The van der Waals surface area contributed by atoms with Gasteiger partial charge in [-0.1, -0.05) is 29.7 Å². The van der Waals surface area contributed by atoms with Crippen molar-refractivity contribution in [2.45, 2.75) is 81.5 Å². The first-order chi connectivity index (χ1) is 9.04. The predicted octanol–water partition coefficient (Wildman–Crippen LogP) is 4.76. The third kappa shape index (κ3) is 18.8. The van der Waals surface area contributed by atoms with Gasteiger partial charge in [0.05, 0.1) is 0 Å². The van der Waals surface area contributed by atoms with Crippen LogP contribution in [0, 0.1) is 0 Å². The van der Waals surface area contributed by atoms with Crippen LogP contribution in [-0.4, -0.2) is 52.2 Å². The molecule has 0 aromatic rings. The molecule has 0 bridgehead atoms. The summed E-state index contributed by atoms with van der Waals surface area (Å²) in [4.78, 5) is 0. The molecule has 0 amide bonds. The maximum absolute atomic E-state index is 6.37. The van der Waals surface area contributed by atoms with Gasteiger partial charge in [-0.15, -0.1) is 0 Å². The largest absolute Gasteiger partial charge is 0.437 e. The lowest BCUT2D eigenvalue weighted by molar-refractivity contribution is 0.271. The summed E-state index contributed by atoms with van der Waals surface area (Å²) in [6.45, 7) is 15.5. The highest BCUT2D eigenvalue weighted by atomic mass is 28.5. The van der Waals surface area contributed by atoms with E-state index in [4.69, 9.17) is 18.4 Å². The van der Waals surface area contributed by atoms with E-state index in [9.17, 15) is 0 Å². The number of nitrogens with one attached hydrogen (secondary N) is 1. The minimum Gasteiger partial charge on any atom is -0.437 e. The van der Waals surface area contributed by atoms with Crippen LogP contribution in [-0.2, 0) is 12.7 Å². The maximum Gasteiger partial charge on any atom is 0.325 e. The van der Waals surface area contributed by atoms with Crippen molar-refractivity contribution >= 4 is 25.4 Å². The van der Waals surface area contributed by atoms with E-state index in [0.29, 0.717) is 6.54 Å². The summed E-state index contributed by atoms with van der Waals surface area (Å²) < 4.78 is 18.3. The topological polar surface area (TPSA) is 65.7 Å². The van der Waals surface area contributed by atoms with Gasteiger partial charge in [0.2, 0.25) is 0 Å². The van der Waals surface area contributed by atoms with Gasteiger partial charge in [-0.2, -0.15) is 0 Å². The SMILES string of the molecule is C.C.C.C.CO[Si](C)(CCCNCCN)O[Si](C)(C)O[Si](C)(C)C. The highest BCUT2D eigenvalue weighted by molar-refractivity contribution is 6.86. The van der Waals surface area contributed by atoms with E-state index in [1.807, 2.05) is 0 Å². The Balaban J connectivity index is -0.000000301. The maximum atomic E-state index is 6.37. The van der Waals surface area contributed by atoms with Gasteiger partial charge in [0.25, 0.3) is 0 Å². The number of hydrogen-bond acceptors (Lipinski definition) is 5. The Morgan fingerprint density at radius 1 is 0.833 bits per heavy atom. The molecule has 0 aliphatic heterocycles. The van der Waals surface area contributed by atoms with Crippen LogP contribution in [0.25, 0.3) is 0 Å². The fourth-order valence-electron chi connectivity index (χ4n) is 2.23. The molecule has 0 fully saturated rings. The standard InChI is InChI=1S/C12H34N2O3Si3.4CH4/c1-15-20(7,12-8-10-14-11-9-13)17-19(5,6)16-18(2,3)4;;;;/h14H,8-13H2,1-7H3;4*1H4. The second-order valence-corrected chi connectivity index (χ2v) is 18.5. The highest BCUT2D eigenvalue weighted by Crippen LogP contribution is 2.24. The zero-order valence-corrected chi connectivity index (χ0v) is 17.3. The van der Waals surface area contributed by atoms with Crippen molar-refractivity contribution in [2.75, 3.05) is 26.7 Å². The number of nitrogens with two attached hydrogens (primary N) is 1. The van der Waals surface area contributed by atoms with Crippen molar-refractivity contribution in [3.05, 3.63) is 0 Å². The molecular formula is C16H50N2O3Si3. The van der Waals surface area contributed by atoms with Crippen molar-refractivity contribution in [2.24, 2.45) is 5.73 Å². The van der Waals surface area contributed by atoms with Gasteiger partial charge >= 0.3 is 17.1 Å². The van der Waals surface area contributed by atoms with Crippen LogP contribution in [0.15, 0.2) is 0 Å². The van der Waals surface area contributed by atoms with E-state index >= 15 is 0 Å². The van der Waals surface area contributed by atoms with Gasteiger partial charge < -0.3 is 23.7 Å². The molecule has 5 nitrogen and oxygen atoms in total. The molecular weight excluding hydrogens is 352 g/mol. The van der Waals surface area contributed by atoms with Crippen LogP contribution in [0.1, 0.15) is 36.1 Å². The van der Waals surface area contributed by atoms with E-state index in [2.05, 4.69) is 44.6 Å². The Labute approximate surface area is 157 Å². The van der Waals surface area contributed by atoms with E-state index in [1.54, 1.807) is 7.11 Å². The predicted molar refractivity (Wildman–Crippen MR) is 120 cm³/mol. The quantitative estimate of drug-likeness (QED) is 0.385. The molecule has 24 heavy (non-hydrogen) atoms. The van der Waals surface area contributed by atoms with Crippen LogP contribution < -0.4 is 11.1 Å². The summed E-state index contributed by atoms with van der Waals surface area (Å²) >= 11 is 0. The van der Waals surface area contributed by atoms with E-state index in [1.165, 1.54) is 0 Å². The third-order valence-corrected chi connectivity index (χ3v) is 13.0. The second kappa shape index (κ2) is 15.7. The first kappa shape index (κ1) is 35.5. The monoisotopic (exact) mass is 402 g/mol. The van der Waals surface area contributed by atoms with Crippen molar-refractivity contribution < 1.29 is 12.7 Å². The molecule has 1 unspecified atom stereocenters. The Morgan fingerprint density at radius 2 is 1.33 bits per heavy atom. The Hall–Kier alpha value is 0.451. The van der Waals surface area contributed by atoms with Crippen LogP contribution >= 0.6 is 0 Å². The minimum atomic E-state index is -2.13. The van der Waals surface area contributed by atoms with Crippen LogP contribution in [0.3, 0.4) is 0 Å². The molecule has 154 valence electrons. The molecule has 0 heterocycles. The van der Waals surface area contributed by atoms with Gasteiger partial charge in [0, 0.05) is 20.2 Å². The Bertz CT molecular complexity index is 278. The lowest BCUT2D eigenvalue weighted by atomic mass is 10.5. The first-order valence-corrected chi connectivity index (χ1v) is 16.1. The van der Waals surface area contributed by atoms with Gasteiger partial charge in [-0.3, -0.25) is 0 Å². The van der Waals surface area contributed by atoms with Crippen LogP contribution in [0.2, 0.25) is 45.3 Å². The van der Waals surface area contributed by atoms with Gasteiger partial charge in [-0.25, -0.2) is 0 Å². The summed E-state index contributed by atoms with van der Waals surface area (Å²) in [6.07, 6.45) is 1.05. The van der Waals surface area contributed by atoms with Crippen LogP contribution in [0.5, 0.6) is 0 Å². The molecule has 0 aromatic heterocycles. The van der Waals surface area contributed by atoms with Gasteiger partial charge in [0.1, 0.15) is 0 Å². The molecule has 0 saturated carbocycles. The number of rotatable bonds is 11. The molecule has 8 heteroatoms. The van der Waals surface area contributed by atoms with E-state index in [-0.39, 0.29) is 29.7 Å². The molecule has 0 rings (SSSR count). The minimum absolute atomic E-state index is 0. The van der Waals surface area contributed by atoms with Crippen LogP contribution in [0.4, 0.5) is 0 Å². The first-order valence-electron chi connectivity index (χ1n) is 7.40. The summed E-state index contributed by atoms with van der Waals surface area (Å²) in [5, 5.41) is 3.31. The normalized spacial score (nSPS) is 13.5. The van der Waals surface area contributed by atoms with Crippen molar-refractivity contribution in [3.63, 3.8) is 0 Å². The zero-order valence-electron chi connectivity index (χ0n) is 14.3. The van der Waals surface area contributed by atoms with Crippen molar-refractivity contribution in [3.8, 4) is 0 Å². The molecule has 0 aromatic carbocycles. The molecule has 1 atom stereocenters. The van der Waals surface area contributed by atoms with Gasteiger partial charge in [-0.05, 0) is 58.3 Å². The molecule has 0 spiro atoms. The van der Waals surface area contributed by atoms with E-state index in [0.717, 1.165) is 25.6 Å². The third-order valence-electron chi connectivity index (χ3n) is 2.75. The molecule has 3 N–H and O–H groups in total. The summed E-state index contributed by atoms with van der Waals surface area (Å²) in [5.41, 5.74) is 5.45. The summed E-state index contributed by atoms with van der Waals surface area (Å²) in [6, 6.07) is 0.979. The Kier molecular flexibility index (Phi) is 23.2.